The van der Waals surface area contributed by atoms with Crippen LogP contribution >= 0.6 is 0 Å². The van der Waals surface area contributed by atoms with Gasteiger partial charge in [0.2, 0.25) is 5.56 Å². The molecule has 0 radical (unpaired) electrons. The number of aromatic amines is 1. The van der Waals surface area contributed by atoms with Crippen molar-refractivity contribution in [3.63, 3.8) is 0 Å². The maximum atomic E-state index is 12.6. The molecule has 1 atom stereocenters. The fourth-order valence-corrected chi connectivity index (χ4v) is 4.97. The lowest BCUT2D eigenvalue weighted by Gasteiger charge is -2.29. The van der Waals surface area contributed by atoms with E-state index in [2.05, 4.69) is 44.2 Å². The molecule has 2 N–H and O–H groups in total. The van der Waals surface area contributed by atoms with Crippen LogP contribution in [0.4, 0.5) is 11.4 Å². The zero-order valence-electron chi connectivity index (χ0n) is 21.0. The number of H-pyrrole nitrogens is 1. The van der Waals surface area contributed by atoms with Crippen LogP contribution in [0.25, 0.3) is 11.3 Å². The number of nitrogens with zero attached hydrogens (tertiary/aromatic N) is 3. The standard InChI is InChI=1S/C29H29N5O3/c1-18-16-30-17-26(31-18)19(2)32-22-6-7-27-21(13-22)12-20-4-3-5-24(29(20)37-27)25-14-23(15-28(35)33-25)34-8-10-36-11-9-34/h3-7,13-17,19,32H,8-12H2,1-2H3,(H,33,35). The van der Waals surface area contributed by atoms with Gasteiger partial charge in [-0.25, -0.2) is 0 Å². The molecule has 1 saturated heterocycles. The van der Waals surface area contributed by atoms with Crippen LogP contribution in [0.2, 0.25) is 0 Å². The molecule has 0 aliphatic carbocycles. The molecule has 8 heteroatoms. The van der Waals surface area contributed by atoms with E-state index in [1.54, 1.807) is 18.5 Å². The lowest BCUT2D eigenvalue weighted by molar-refractivity contribution is 0.122. The first-order valence-electron chi connectivity index (χ1n) is 12.6. The fourth-order valence-electron chi connectivity index (χ4n) is 4.97. The minimum Gasteiger partial charge on any atom is -0.456 e. The fraction of sp³-hybridized carbons (Fsp3) is 0.276. The summed E-state index contributed by atoms with van der Waals surface area (Å²) in [7, 11) is 0. The lowest BCUT2D eigenvalue weighted by Crippen LogP contribution is -2.36. The van der Waals surface area contributed by atoms with Gasteiger partial charge in [0.25, 0.3) is 0 Å². The first kappa shape index (κ1) is 23.2. The summed E-state index contributed by atoms with van der Waals surface area (Å²) in [6, 6.07) is 15.9. The number of anilines is 2. The number of nitrogens with one attached hydrogen (secondary N) is 2. The Morgan fingerprint density at radius 1 is 1.05 bits per heavy atom. The Morgan fingerprint density at radius 3 is 2.76 bits per heavy atom. The molecule has 188 valence electrons. The van der Waals surface area contributed by atoms with E-state index in [-0.39, 0.29) is 11.6 Å². The van der Waals surface area contributed by atoms with Crippen LogP contribution < -0.4 is 20.5 Å². The van der Waals surface area contributed by atoms with Crippen molar-refractivity contribution in [3.05, 3.63) is 93.8 Å². The van der Waals surface area contributed by atoms with Gasteiger partial charge in [-0.3, -0.25) is 14.8 Å². The number of ether oxygens (including phenoxy) is 2. The Kier molecular flexibility index (Phi) is 6.10. The van der Waals surface area contributed by atoms with Crippen LogP contribution in [0.1, 0.15) is 35.5 Å². The van der Waals surface area contributed by atoms with Gasteiger partial charge in [-0.2, -0.15) is 0 Å². The minimum atomic E-state index is -0.129. The van der Waals surface area contributed by atoms with Crippen molar-refractivity contribution in [2.75, 3.05) is 36.5 Å². The van der Waals surface area contributed by atoms with Crippen molar-refractivity contribution >= 4 is 11.4 Å². The van der Waals surface area contributed by atoms with Gasteiger partial charge in [0.1, 0.15) is 11.5 Å². The quantitative estimate of drug-likeness (QED) is 0.360. The number of fused-ring (bicyclic) bond motifs is 2. The summed E-state index contributed by atoms with van der Waals surface area (Å²) >= 11 is 0. The molecule has 37 heavy (non-hydrogen) atoms. The van der Waals surface area contributed by atoms with Gasteiger partial charge in [0.05, 0.1) is 42.5 Å². The summed E-state index contributed by atoms with van der Waals surface area (Å²) in [4.78, 5) is 26.6. The number of para-hydroxylation sites is 1. The average molecular weight is 496 g/mol. The predicted octanol–water partition coefficient (Wildman–Crippen LogP) is 4.85. The van der Waals surface area contributed by atoms with Gasteiger partial charge in [-0.05, 0) is 49.7 Å². The number of aryl methyl sites for hydroxylation is 1. The molecule has 1 fully saturated rings. The molecule has 8 nitrogen and oxygen atoms in total. The highest BCUT2D eigenvalue weighted by Crippen LogP contribution is 2.43. The van der Waals surface area contributed by atoms with Gasteiger partial charge in [-0.15, -0.1) is 0 Å². The maximum absolute atomic E-state index is 12.6. The van der Waals surface area contributed by atoms with E-state index in [9.17, 15) is 4.79 Å². The van der Waals surface area contributed by atoms with Gasteiger partial charge >= 0.3 is 0 Å². The summed E-state index contributed by atoms with van der Waals surface area (Å²) in [6.45, 7) is 6.89. The molecule has 6 rings (SSSR count). The number of pyridine rings is 1. The Hall–Kier alpha value is -4.17. The molecular weight excluding hydrogens is 466 g/mol. The minimum absolute atomic E-state index is 0.0180. The number of aromatic nitrogens is 3. The monoisotopic (exact) mass is 495 g/mol. The van der Waals surface area contributed by atoms with E-state index < -0.39 is 0 Å². The second-order valence-corrected chi connectivity index (χ2v) is 9.56. The summed E-state index contributed by atoms with van der Waals surface area (Å²) in [6.07, 6.45) is 4.29. The van der Waals surface area contributed by atoms with Crippen molar-refractivity contribution in [2.45, 2.75) is 26.3 Å². The van der Waals surface area contributed by atoms with Crippen molar-refractivity contribution in [2.24, 2.45) is 0 Å². The van der Waals surface area contributed by atoms with Crippen molar-refractivity contribution < 1.29 is 9.47 Å². The summed E-state index contributed by atoms with van der Waals surface area (Å²) in [5, 5.41) is 3.53. The number of rotatable bonds is 5. The van der Waals surface area contributed by atoms with Crippen molar-refractivity contribution in [3.8, 4) is 22.8 Å². The summed E-state index contributed by atoms with van der Waals surface area (Å²) in [5.74, 6) is 1.61. The maximum Gasteiger partial charge on any atom is 0.250 e. The Labute approximate surface area is 215 Å². The van der Waals surface area contributed by atoms with E-state index in [0.29, 0.717) is 13.2 Å². The van der Waals surface area contributed by atoms with Gasteiger partial charge in [-0.1, -0.05) is 12.1 Å². The molecule has 0 spiro atoms. The molecule has 2 aromatic heterocycles. The number of hydrogen-bond acceptors (Lipinski definition) is 7. The predicted molar refractivity (Wildman–Crippen MR) is 144 cm³/mol. The highest BCUT2D eigenvalue weighted by molar-refractivity contribution is 5.74. The van der Waals surface area contributed by atoms with E-state index >= 15 is 0 Å². The third kappa shape index (κ3) is 4.80. The third-order valence-corrected chi connectivity index (χ3v) is 6.85. The molecule has 2 aromatic carbocycles. The molecule has 2 aliphatic heterocycles. The molecule has 0 amide bonds. The van der Waals surface area contributed by atoms with Crippen LogP contribution in [0.15, 0.2) is 65.7 Å². The summed E-state index contributed by atoms with van der Waals surface area (Å²) < 4.78 is 11.9. The van der Waals surface area contributed by atoms with Crippen molar-refractivity contribution in [1.29, 1.82) is 0 Å². The Balaban J connectivity index is 1.27. The van der Waals surface area contributed by atoms with Crippen LogP contribution in [-0.2, 0) is 11.2 Å². The molecule has 1 unspecified atom stereocenters. The number of benzene rings is 2. The largest absolute Gasteiger partial charge is 0.456 e. The second-order valence-electron chi connectivity index (χ2n) is 9.56. The first-order valence-corrected chi connectivity index (χ1v) is 12.6. The van der Waals surface area contributed by atoms with Crippen molar-refractivity contribution in [1.82, 2.24) is 15.0 Å². The summed E-state index contributed by atoms with van der Waals surface area (Å²) in [5.41, 5.74) is 7.39. The van der Waals surface area contributed by atoms with Crippen LogP contribution in [0, 0.1) is 6.92 Å². The zero-order chi connectivity index (χ0) is 25.4. The topological polar surface area (TPSA) is 92.4 Å². The third-order valence-electron chi connectivity index (χ3n) is 6.85. The molecule has 4 aromatic rings. The molecular formula is C29H29N5O3. The zero-order valence-corrected chi connectivity index (χ0v) is 21.0. The first-order chi connectivity index (χ1) is 18.0. The van der Waals surface area contributed by atoms with Gasteiger partial charge in [0, 0.05) is 54.3 Å². The highest BCUT2D eigenvalue weighted by atomic mass is 16.5. The average Bonchev–Trinajstić information content (AvgIpc) is 2.91. The van der Waals surface area contributed by atoms with E-state index in [0.717, 1.165) is 76.2 Å². The smallest absolute Gasteiger partial charge is 0.250 e. The molecule has 0 saturated carbocycles. The van der Waals surface area contributed by atoms with Crippen LogP contribution in [0.3, 0.4) is 0 Å². The Bertz CT molecular complexity index is 1510. The Morgan fingerprint density at radius 2 is 1.92 bits per heavy atom. The normalized spacial score (nSPS) is 15.4. The van der Waals surface area contributed by atoms with E-state index in [4.69, 9.17) is 9.47 Å². The van der Waals surface area contributed by atoms with Gasteiger partial charge < -0.3 is 24.7 Å². The SMILES string of the molecule is Cc1cncc(C(C)Nc2ccc3c(c2)Cc2cccc(-c4cc(N5CCOCC5)cc(=O)[nH]4)c2O3)n1. The number of hydrogen-bond donors (Lipinski definition) is 2. The second kappa shape index (κ2) is 9.71. The molecule has 0 bridgehead atoms. The van der Waals surface area contributed by atoms with E-state index in [1.165, 1.54) is 0 Å². The van der Waals surface area contributed by atoms with E-state index in [1.807, 2.05) is 37.3 Å². The highest BCUT2D eigenvalue weighted by Gasteiger charge is 2.22. The number of morpholine rings is 1. The van der Waals surface area contributed by atoms with Gasteiger partial charge in [0.15, 0.2) is 0 Å². The molecule has 4 heterocycles. The van der Waals surface area contributed by atoms with Crippen LogP contribution in [-0.4, -0.2) is 41.3 Å². The van der Waals surface area contributed by atoms with Crippen LogP contribution in [0.5, 0.6) is 11.5 Å². The molecule has 2 aliphatic rings. The lowest BCUT2D eigenvalue weighted by atomic mass is 9.96.